The van der Waals surface area contributed by atoms with Crippen LogP contribution in [-0.2, 0) is 14.3 Å². The fraction of sp³-hybridized carbons (Fsp3) is 0.917. The number of hydrogen-bond acceptors (Lipinski definition) is 3. The molecule has 0 aromatic carbocycles. The monoisotopic (exact) mass is 667 g/mol. The lowest BCUT2D eigenvalue weighted by Gasteiger charge is -2.41. The lowest BCUT2D eigenvalue weighted by atomic mass is 9.90. The summed E-state index contributed by atoms with van der Waals surface area (Å²) in [4.78, 5) is 24.1. The van der Waals surface area contributed by atoms with Crippen molar-refractivity contribution < 1.29 is 80.2 Å². The van der Waals surface area contributed by atoms with E-state index in [1.165, 1.54) is 13.8 Å². The van der Waals surface area contributed by atoms with Crippen molar-refractivity contribution in [2.24, 2.45) is 5.92 Å². The van der Waals surface area contributed by atoms with Gasteiger partial charge in [0.2, 0.25) is 0 Å². The molecule has 0 bridgehead atoms. The molecule has 0 spiro atoms. The highest BCUT2D eigenvalue weighted by atomic mass is 19.4. The van der Waals surface area contributed by atoms with Crippen LogP contribution in [-0.4, -0.2) is 66.2 Å². The molecular weight excluding hydrogens is 635 g/mol. The molecule has 4 nitrogen and oxygen atoms in total. The van der Waals surface area contributed by atoms with E-state index in [4.69, 9.17) is 4.74 Å². The SMILES string of the molecule is CCCCCCCCCCOC(=O)C(CC(C)C)NC(=O)C(F)(F)C(F)(F)C(F)(F)C(F)(F)C(F)(F)C(F)(F)C(F)(F)F. The molecule has 0 saturated carbocycles. The van der Waals surface area contributed by atoms with E-state index in [-0.39, 0.29) is 13.0 Å². The van der Waals surface area contributed by atoms with Gasteiger partial charge in [-0.05, 0) is 18.8 Å². The number of ether oxygens (including phenoxy) is 1. The Morgan fingerprint density at radius 1 is 0.605 bits per heavy atom. The molecule has 1 atom stereocenters. The molecular formula is C24H32F15NO3. The van der Waals surface area contributed by atoms with Gasteiger partial charge < -0.3 is 10.1 Å². The van der Waals surface area contributed by atoms with E-state index in [0.717, 1.165) is 37.4 Å². The number of hydrogen-bond donors (Lipinski definition) is 1. The molecule has 256 valence electrons. The number of rotatable bonds is 19. The first-order valence-corrected chi connectivity index (χ1v) is 13.0. The maximum atomic E-state index is 14.2. The van der Waals surface area contributed by atoms with E-state index in [2.05, 4.69) is 0 Å². The summed E-state index contributed by atoms with van der Waals surface area (Å²) in [5.74, 6) is -54.6. The second-order valence-corrected chi connectivity index (χ2v) is 10.2. The zero-order chi connectivity index (χ0) is 34.3. The van der Waals surface area contributed by atoms with E-state index in [1.807, 2.05) is 6.92 Å². The number of esters is 1. The van der Waals surface area contributed by atoms with Crippen LogP contribution in [0.2, 0.25) is 0 Å². The predicted molar refractivity (Wildman–Crippen MR) is 121 cm³/mol. The average Bonchev–Trinajstić information content (AvgIpc) is 2.85. The van der Waals surface area contributed by atoms with Crippen LogP contribution in [0.15, 0.2) is 0 Å². The average molecular weight is 667 g/mol. The summed E-state index contributed by atoms with van der Waals surface area (Å²) in [6.45, 7) is 4.21. The molecule has 0 aliphatic heterocycles. The van der Waals surface area contributed by atoms with Crippen LogP contribution < -0.4 is 5.32 Å². The maximum absolute atomic E-state index is 14.2. The van der Waals surface area contributed by atoms with Gasteiger partial charge in [0.25, 0.3) is 5.91 Å². The first kappa shape index (κ1) is 40.9. The van der Waals surface area contributed by atoms with Crippen LogP contribution in [0, 0.1) is 5.92 Å². The Labute approximate surface area is 237 Å². The summed E-state index contributed by atoms with van der Waals surface area (Å²) < 4.78 is 206. The molecule has 0 aromatic heterocycles. The first-order valence-electron chi connectivity index (χ1n) is 13.0. The number of nitrogens with one attached hydrogen (secondary N) is 1. The summed E-state index contributed by atoms with van der Waals surface area (Å²) >= 11 is 0. The van der Waals surface area contributed by atoms with Gasteiger partial charge in [-0.15, -0.1) is 0 Å². The molecule has 0 rings (SSSR count). The minimum absolute atomic E-state index is 0.216. The molecule has 19 heteroatoms. The Kier molecular flexibility index (Phi) is 14.1. The van der Waals surface area contributed by atoms with Crippen LogP contribution in [0.4, 0.5) is 65.9 Å². The Bertz CT molecular complexity index is 905. The van der Waals surface area contributed by atoms with Gasteiger partial charge in [0, 0.05) is 0 Å². The molecule has 1 amide bonds. The lowest BCUT2D eigenvalue weighted by molar-refractivity contribution is -0.449. The van der Waals surface area contributed by atoms with Crippen molar-refractivity contribution >= 4 is 11.9 Å². The minimum atomic E-state index is -8.52. The molecule has 0 saturated heterocycles. The van der Waals surface area contributed by atoms with Crippen LogP contribution in [0.1, 0.15) is 78.6 Å². The summed E-state index contributed by atoms with van der Waals surface area (Å²) in [6.07, 6.45) is -2.16. The number of amides is 1. The van der Waals surface area contributed by atoms with Gasteiger partial charge >= 0.3 is 47.7 Å². The summed E-state index contributed by atoms with van der Waals surface area (Å²) in [5, 5.41) is 0.855. The van der Waals surface area contributed by atoms with E-state index in [9.17, 15) is 75.4 Å². The van der Waals surface area contributed by atoms with Gasteiger partial charge in [-0.3, -0.25) is 4.79 Å². The van der Waals surface area contributed by atoms with Gasteiger partial charge in [0.1, 0.15) is 6.04 Å². The highest BCUT2D eigenvalue weighted by molar-refractivity contribution is 5.89. The highest BCUT2D eigenvalue weighted by Crippen LogP contribution is 2.62. The summed E-state index contributed by atoms with van der Waals surface area (Å²) in [5.41, 5.74) is 0. The molecule has 1 unspecified atom stereocenters. The third-order valence-electron chi connectivity index (χ3n) is 6.15. The van der Waals surface area contributed by atoms with Gasteiger partial charge in [-0.1, -0.05) is 65.7 Å². The van der Waals surface area contributed by atoms with Gasteiger partial charge in [0.05, 0.1) is 6.61 Å². The van der Waals surface area contributed by atoms with Crippen molar-refractivity contribution in [1.29, 1.82) is 0 Å². The lowest BCUT2D eigenvalue weighted by Crippen LogP contribution is -2.74. The van der Waals surface area contributed by atoms with Crippen LogP contribution >= 0.6 is 0 Å². The largest absolute Gasteiger partial charge is 0.464 e. The summed E-state index contributed by atoms with van der Waals surface area (Å²) in [6, 6.07) is -2.30. The minimum Gasteiger partial charge on any atom is -0.464 e. The number of halogens is 15. The molecule has 1 N–H and O–H groups in total. The number of carbonyl (C=O) groups excluding carboxylic acids is 2. The molecule has 0 fully saturated rings. The van der Waals surface area contributed by atoms with Crippen molar-refractivity contribution in [1.82, 2.24) is 5.32 Å². The van der Waals surface area contributed by atoms with Crippen molar-refractivity contribution in [2.45, 2.75) is 126 Å². The fourth-order valence-electron chi connectivity index (χ4n) is 3.55. The van der Waals surface area contributed by atoms with Gasteiger partial charge in [0.15, 0.2) is 0 Å². The fourth-order valence-corrected chi connectivity index (χ4v) is 3.55. The zero-order valence-electron chi connectivity index (χ0n) is 23.1. The van der Waals surface area contributed by atoms with E-state index < -0.39 is 72.0 Å². The van der Waals surface area contributed by atoms with Crippen molar-refractivity contribution in [2.75, 3.05) is 6.61 Å². The number of unbranched alkanes of at least 4 members (excludes halogenated alkanes) is 7. The Hall–Kier alpha value is -2.11. The molecule has 43 heavy (non-hydrogen) atoms. The molecule has 0 aliphatic carbocycles. The molecule has 0 aliphatic rings. The second-order valence-electron chi connectivity index (χ2n) is 10.2. The molecule has 0 heterocycles. The van der Waals surface area contributed by atoms with Crippen LogP contribution in [0.25, 0.3) is 0 Å². The molecule has 0 aromatic rings. The predicted octanol–water partition coefficient (Wildman–Crippen LogP) is 8.58. The number of alkyl halides is 15. The smallest absolute Gasteiger partial charge is 0.460 e. The van der Waals surface area contributed by atoms with Crippen LogP contribution in [0.3, 0.4) is 0 Å². The number of carbonyl (C=O) groups is 2. The third-order valence-corrected chi connectivity index (χ3v) is 6.15. The maximum Gasteiger partial charge on any atom is 0.460 e. The Balaban J connectivity index is 5.85. The summed E-state index contributed by atoms with van der Waals surface area (Å²) in [7, 11) is 0. The van der Waals surface area contributed by atoms with E-state index >= 15 is 0 Å². The Morgan fingerprint density at radius 2 is 1.00 bits per heavy atom. The second kappa shape index (κ2) is 14.8. The quantitative estimate of drug-likeness (QED) is 0.0854. The Morgan fingerprint density at radius 3 is 1.42 bits per heavy atom. The highest BCUT2D eigenvalue weighted by Gasteiger charge is 2.94. The van der Waals surface area contributed by atoms with Crippen molar-refractivity contribution in [3.63, 3.8) is 0 Å². The van der Waals surface area contributed by atoms with Crippen molar-refractivity contribution in [3.05, 3.63) is 0 Å². The van der Waals surface area contributed by atoms with E-state index in [1.54, 1.807) is 0 Å². The third kappa shape index (κ3) is 8.75. The van der Waals surface area contributed by atoms with Gasteiger partial charge in [-0.25, -0.2) is 4.79 Å². The zero-order valence-corrected chi connectivity index (χ0v) is 23.1. The normalized spacial score (nSPS) is 15.0. The first-order chi connectivity index (χ1) is 19.2. The molecule has 0 radical (unpaired) electrons. The van der Waals surface area contributed by atoms with Crippen molar-refractivity contribution in [3.8, 4) is 0 Å². The van der Waals surface area contributed by atoms with Crippen LogP contribution in [0.5, 0.6) is 0 Å². The van der Waals surface area contributed by atoms with Gasteiger partial charge in [-0.2, -0.15) is 65.9 Å². The standard InChI is InChI=1S/C24H32F15NO3/c1-4-5-6-7-8-9-10-11-12-43-16(41)15(13-14(2)3)40-17(42)18(25,26)19(27,28)20(29,30)21(31,32)22(33,34)23(35,36)24(37,38)39/h14-15H,4-13H2,1-3H3,(H,40,42). The topological polar surface area (TPSA) is 55.4 Å². The van der Waals surface area contributed by atoms with E-state index in [0.29, 0.717) is 12.8 Å².